The van der Waals surface area contributed by atoms with Gasteiger partial charge in [0.1, 0.15) is 5.78 Å². The lowest BCUT2D eigenvalue weighted by atomic mass is 9.32. The number of ketones is 2. The van der Waals surface area contributed by atoms with Crippen LogP contribution in [-0.2, 0) is 9.59 Å². The zero-order chi connectivity index (χ0) is 26.9. The number of allylic oxidation sites excluding steroid dienone is 1. The van der Waals surface area contributed by atoms with E-state index in [1.54, 1.807) is 6.08 Å². The van der Waals surface area contributed by atoms with Gasteiger partial charge < -0.3 is 20.4 Å². The molecule has 36 heavy (non-hydrogen) atoms. The van der Waals surface area contributed by atoms with Gasteiger partial charge in [0.25, 0.3) is 0 Å². The quantitative estimate of drug-likeness (QED) is 0.437. The fourth-order valence-corrected chi connectivity index (χ4v) is 10.4. The highest BCUT2D eigenvalue weighted by Gasteiger charge is 2.75. The second-order valence-corrected chi connectivity index (χ2v) is 15.1. The number of carbonyl (C=O) groups excluding carboxylic acids is 2. The van der Waals surface area contributed by atoms with Crippen molar-refractivity contribution < 1.29 is 30.0 Å². The summed E-state index contributed by atoms with van der Waals surface area (Å²) in [5.74, 6) is -0.841. The van der Waals surface area contributed by atoms with Crippen molar-refractivity contribution in [3.05, 3.63) is 11.6 Å². The molecule has 0 saturated heterocycles. The van der Waals surface area contributed by atoms with Gasteiger partial charge in [-0.05, 0) is 60.8 Å². The molecule has 5 rings (SSSR count). The summed E-state index contributed by atoms with van der Waals surface area (Å²) in [6.07, 6.45) is 2.29. The van der Waals surface area contributed by atoms with Gasteiger partial charge in [-0.15, -0.1) is 0 Å². The van der Waals surface area contributed by atoms with Crippen LogP contribution in [0.5, 0.6) is 0 Å². The van der Waals surface area contributed by atoms with Crippen molar-refractivity contribution in [3.63, 3.8) is 0 Å². The van der Waals surface area contributed by atoms with E-state index in [0.29, 0.717) is 32.1 Å². The van der Waals surface area contributed by atoms with E-state index in [4.69, 9.17) is 0 Å². The fraction of sp³-hybridized carbons (Fsp3) is 0.867. The second-order valence-electron chi connectivity index (χ2n) is 15.1. The van der Waals surface area contributed by atoms with Gasteiger partial charge in [0.2, 0.25) is 0 Å². The van der Waals surface area contributed by atoms with Crippen LogP contribution in [0.15, 0.2) is 11.6 Å². The summed E-state index contributed by atoms with van der Waals surface area (Å²) in [5.41, 5.74) is -3.25. The first-order valence-corrected chi connectivity index (χ1v) is 13.9. The summed E-state index contributed by atoms with van der Waals surface area (Å²) >= 11 is 0. The molecule has 0 aromatic heterocycles. The Kier molecular flexibility index (Phi) is 5.54. The molecular formula is C30H46O6. The maximum Gasteiger partial charge on any atom is 0.159 e. The zero-order valence-corrected chi connectivity index (χ0v) is 23.1. The lowest BCUT2D eigenvalue weighted by molar-refractivity contribution is -0.258. The zero-order valence-electron chi connectivity index (χ0n) is 23.1. The molecule has 5 aliphatic rings. The summed E-state index contributed by atoms with van der Waals surface area (Å²) in [7, 11) is 0. The standard InChI is InChI=1S/C30H46O6/c1-25(2)12-17-16-10-18(32)24-26(3)9-8-20(33)28(5,15-31)19(26)11-21(34)30(24,7)29(16,6)23(36)14-27(17,4)22(35)13-25/h10,17,19-21,23-24,31,33-34,36H,8-9,11-15H2,1-7H3. The molecule has 4 fully saturated rings. The predicted octanol–water partition coefficient (Wildman–Crippen LogP) is 3.44. The molecule has 0 radical (unpaired) electrons. The Balaban J connectivity index is 1.71. The first kappa shape index (κ1) is 26.5. The number of rotatable bonds is 1. The van der Waals surface area contributed by atoms with Crippen molar-refractivity contribution in [1.82, 2.24) is 0 Å². The summed E-state index contributed by atoms with van der Waals surface area (Å²) in [4.78, 5) is 27.7. The Morgan fingerprint density at radius 2 is 1.56 bits per heavy atom. The highest BCUT2D eigenvalue weighted by Crippen LogP contribution is 2.74. The molecule has 4 N–H and O–H groups in total. The molecule has 0 aromatic carbocycles. The number of aliphatic hydroxyl groups excluding tert-OH is 4. The van der Waals surface area contributed by atoms with Gasteiger partial charge in [0, 0.05) is 34.0 Å². The molecular weight excluding hydrogens is 456 g/mol. The normalized spacial score (nSPS) is 56.1. The molecule has 6 heteroatoms. The van der Waals surface area contributed by atoms with Crippen LogP contribution >= 0.6 is 0 Å². The number of hydrogen-bond donors (Lipinski definition) is 4. The molecule has 0 spiro atoms. The molecule has 0 aliphatic heterocycles. The molecule has 6 nitrogen and oxygen atoms in total. The van der Waals surface area contributed by atoms with Gasteiger partial charge in [-0.1, -0.05) is 54.0 Å². The smallest absolute Gasteiger partial charge is 0.159 e. The molecule has 11 atom stereocenters. The van der Waals surface area contributed by atoms with E-state index >= 15 is 0 Å². The number of fused-ring (bicyclic) bond motifs is 7. The molecule has 202 valence electrons. The van der Waals surface area contributed by atoms with E-state index in [0.717, 1.165) is 12.0 Å². The highest BCUT2D eigenvalue weighted by atomic mass is 16.3. The van der Waals surface area contributed by atoms with E-state index < -0.39 is 51.3 Å². The van der Waals surface area contributed by atoms with Crippen molar-refractivity contribution in [3.8, 4) is 0 Å². The number of Topliss-reactive ketones (excluding diaryl/α,β-unsaturated/α-hetero) is 1. The minimum Gasteiger partial charge on any atom is -0.396 e. The van der Waals surface area contributed by atoms with Crippen molar-refractivity contribution in [2.75, 3.05) is 6.61 Å². The van der Waals surface area contributed by atoms with Crippen molar-refractivity contribution in [2.45, 2.75) is 105 Å². The van der Waals surface area contributed by atoms with Crippen LogP contribution in [-0.4, -0.2) is 56.9 Å². The average Bonchev–Trinajstić information content (AvgIpc) is 2.77. The fourth-order valence-electron chi connectivity index (χ4n) is 10.4. The van der Waals surface area contributed by atoms with E-state index in [-0.39, 0.29) is 35.4 Å². The van der Waals surface area contributed by atoms with Crippen LogP contribution in [0, 0.1) is 50.2 Å². The highest BCUT2D eigenvalue weighted by molar-refractivity contribution is 5.96. The summed E-state index contributed by atoms with van der Waals surface area (Å²) in [6.45, 7) is 13.9. The Bertz CT molecular complexity index is 1030. The van der Waals surface area contributed by atoms with E-state index in [1.807, 2.05) is 27.7 Å². The van der Waals surface area contributed by atoms with Gasteiger partial charge in [0.05, 0.1) is 24.9 Å². The SMILES string of the molecule is CC1(C)CC(=O)C2(C)CC(O)C3(C)C(=CC(=O)C4C5(C)CCC(O)C(C)(CO)C5CC(O)C43C)C2C1. The number of aliphatic hydroxyl groups is 4. The minimum atomic E-state index is -0.941. The van der Waals surface area contributed by atoms with E-state index in [2.05, 4.69) is 20.8 Å². The first-order chi connectivity index (χ1) is 16.4. The molecule has 5 aliphatic carbocycles. The Hall–Kier alpha value is -1.08. The minimum absolute atomic E-state index is 0.0415. The maximum atomic E-state index is 14.3. The molecule has 0 heterocycles. The van der Waals surface area contributed by atoms with Crippen LogP contribution in [0.3, 0.4) is 0 Å². The molecule has 0 bridgehead atoms. The van der Waals surface area contributed by atoms with Crippen LogP contribution < -0.4 is 0 Å². The lowest BCUT2D eigenvalue weighted by Gasteiger charge is -2.72. The topological polar surface area (TPSA) is 115 Å². The number of hydrogen-bond acceptors (Lipinski definition) is 6. The summed E-state index contributed by atoms with van der Waals surface area (Å²) < 4.78 is 0. The van der Waals surface area contributed by atoms with E-state index in [1.165, 1.54) is 0 Å². The van der Waals surface area contributed by atoms with Crippen LogP contribution in [0.4, 0.5) is 0 Å². The monoisotopic (exact) mass is 502 g/mol. The van der Waals surface area contributed by atoms with Gasteiger partial charge in [-0.2, -0.15) is 0 Å². The summed E-state index contributed by atoms with van der Waals surface area (Å²) in [5, 5.41) is 45.1. The van der Waals surface area contributed by atoms with E-state index in [9.17, 15) is 30.0 Å². The Morgan fingerprint density at radius 3 is 2.17 bits per heavy atom. The van der Waals surface area contributed by atoms with Gasteiger partial charge in [0.15, 0.2) is 5.78 Å². The van der Waals surface area contributed by atoms with Crippen molar-refractivity contribution in [1.29, 1.82) is 0 Å². The molecule has 0 amide bonds. The molecule has 0 aromatic rings. The number of carbonyl (C=O) groups is 2. The third-order valence-electron chi connectivity index (χ3n) is 12.8. The van der Waals surface area contributed by atoms with Gasteiger partial charge >= 0.3 is 0 Å². The predicted molar refractivity (Wildman–Crippen MR) is 136 cm³/mol. The average molecular weight is 503 g/mol. The van der Waals surface area contributed by atoms with Crippen LogP contribution in [0.1, 0.15) is 87.0 Å². The third-order valence-corrected chi connectivity index (χ3v) is 12.8. The third kappa shape index (κ3) is 2.88. The molecule has 11 unspecified atom stereocenters. The van der Waals surface area contributed by atoms with Crippen LogP contribution in [0.25, 0.3) is 0 Å². The Labute approximate surface area is 215 Å². The largest absolute Gasteiger partial charge is 0.396 e. The van der Waals surface area contributed by atoms with Gasteiger partial charge in [-0.25, -0.2) is 0 Å². The van der Waals surface area contributed by atoms with Crippen molar-refractivity contribution >= 4 is 11.6 Å². The van der Waals surface area contributed by atoms with Crippen molar-refractivity contribution in [2.24, 2.45) is 50.2 Å². The second kappa shape index (κ2) is 7.52. The lowest BCUT2D eigenvalue weighted by Crippen LogP contribution is -2.73. The summed E-state index contributed by atoms with van der Waals surface area (Å²) in [6, 6.07) is 0. The van der Waals surface area contributed by atoms with Gasteiger partial charge in [-0.3, -0.25) is 9.59 Å². The maximum absolute atomic E-state index is 14.3. The molecule has 4 saturated carbocycles. The first-order valence-electron chi connectivity index (χ1n) is 13.9. The Morgan fingerprint density at radius 1 is 0.917 bits per heavy atom. The van der Waals surface area contributed by atoms with Crippen LogP contribution in [0.2, 0.25) is 0 Å².